The van der Waals surface area contributed by atoms with Crippen LogP contribution in [0.1, 0.15) is 64.7 Å². The van der Waals surface area contributed by atoms with Crippen molar-refractivity contribution in [3.05, 3.63) is 0 Å². The van der Waals surface area contributed by atoms with Gasteiger partial charge in [-0.05, 0) is 19.3 Å². The molecule has 3 nitrogen and oxygen atoms in total. The summed E-state index contributed by atoms with van der Waals surface area (Å²) in [5.41, 5.74) is 0. The van der Waals surface area contributed by atoms with Crippen molar-refractivity contribution in [2.45, 2.75) is 76.8 Å². The molecule has 3 heteroatoms. The Kier molecular flexibility index (Phi) is 5.26. The van der Waals surface area contributed by atoms with Gasteiger partial charge in [0.15, 0.2) is 0 Å². The Labute approximate surface area is 105 Å². The molecule has 0 amide bonds. The normalized spacial score (nSPS) is 27.7. The van der Waals surface area contributed by atoms with Gasteiger partial charge < -0.3 is 14.2 Å². The SMILES string of the molecule is CCCCCCCC1CCCC2(OCCO2)O1. The first-order chi connectivity index (χ1) is 8.35. The van der Waals surface area contributed by atoms with Gasteiger partial charge in [0.05, 0.1) is 19.3 Å². The fourth-order valence-electron chi connectivity index (χ4n) is 2.75. The lowest BCUT2D eigenvalue weighted by atomic mass is 10.0. The quantitative estimate of drug-likeness (QED) is 0.666. The van der Waals surface area contributed by atoms with Crippen molar-refractivity contribution in [3.8, 4) is 0 Å². The van der Waals surface area contributed by atoms with Crippen molar-refractivity contribution in [2.75, 3.05) is 13.2 Å². The fraction of sp³-hybridized carbons (Fsp3) is 1.00. The molecule has 2 aliphatic rings. The molecule has 1 unspecified atom stereocenters. The molecular formula is C14H26O3. The molecule has 0 aliphatic carbocycles. The first kappa shape index (κ1) is 13.3. The predicted octanol–water partition coefficient (Wildman–Crippen LogP) is 3.62. The van der Waals surface area contributed by atoms with Gasteiger partial charge >= 0.3 is 0 Å². The lowest BCUT2D eigenvalue weighted by Crippen LogP contribution is -2.41. The Morgan fingerprint density at radius 1 is 1.06 bits per heavy atom. The number of hydrogen-bond acceptors (Lipinski definition) is 3. The molecule has 100 valence electrons. The van der Waals surface area contributed by atoms with Crippen LogP contribution in [0.15, 0.2) is 0 Å². The van der Waals surface area contributed by atoms with E-state index in [1.165, 1.54) is 44.9 Å². The summed E-state index contributed by atoms with van der Waals surface area (Å²) in [5, 5.41) is 0. The van der Waals surface area contributed by atoms with E-state index in [9.17, 15) is 0 Å². The van der Waals surface area contributed by atoms with E-state index in [1.807, 2.05) is 0 Å². The van der Waals surface area contributed by atoms with Gasteiger partial charge in [-0.3, -0.25) is 0 Å². The highest BCUT2D eigenvalue weighted by Gasteiger charge is 2.42. The van der Waals surface area contributed by atoms with Gasteiger partial charge in [0, 0.05) is 6.42 Å². The van der Waals surface area contributed by atoms with Crippen LogP contribution in [0, 0.1) is 0 Å². The Hall–Kier alpha value is -0.120. The molecule has 0 aromatic heterocycles. The minimum atomic E-state index is -0.660. The van der Waals surface area contributed by atoms with Gasteiger partial charge in [-0.15, -0.1) is 0 Å². The molecule has 17 heavy (non-hydrogen) atoms. The molecule has 0 saturated carbocycles. The Balaban J connectivity index is 1.63. The number of unbranched alkanes of at least 4 members (excludes halogenated alkanes) is 4. The highest BCUT2D eigenvalue weighted by atomic mass is 16.9. The standard InChI is InChI=1S/C14H26O3/c1-2-3-4-5-6-8-13-9-7-10-14(17-13)15-11-12-16-14/h13H,2-12H2,1H3. The lowest BCUT2D eigenvalue weighted by molar-refractivity contribution is -0.364. The molecule has 2 heterocycles. The maximum absolute atomic E-state index is 6.00. The van der Waals surface area contributed by atoms with Gasteiger partial charge in [-0.2, -0.15) is 0 Å². The number of hydrogen-bond donors (Lipinski definition) is 0. The van der Waals surface area contributed by atoms with Crippen LogP contribution in [0.5, 0.6) is 0 Å². The van der Waals surface area contributed by atoms with Crippen LogP contribution in [-0.2, 0) is 14.2 Å². The maximum atomic E-state index is 6.00. The first-order valence-corrected chi connectivity index (χ1v) is 7.30. The van der Waals surface area contributed by atoms with E-state index in [-0.39, 0.29) is 0 Å². The molecule has 0 aromatic carbocycles. The van der Waals surface area contributed by atoms with E-state index in [0.717, 1.165) is 12.8 Å². The highest BCUT2D eigenvalue weighted by molar-refractivity contribution is 4.74. The Bertz CT molecular complexity index is 212. The third-order valence-electron chi connectivity index (χ3n) is 3.71. The second kappa shape index (κ2) is 6.72. The average molecular weight is 242 g/mol. The van der Waals surface area contributed by atoms with Crippen LogP contribution in [0.3, 0.4) is 0 Å². The Morgan fingerprint density at radius 3 is 2.59 bits per heavy atom. The van der Waals surface area contributed by atoms with Crippen LogP contribution >= 0.6 is 0 Å². The van der Waals surface area contributed by atoms with Crippen LogP contribution in [0.4, 0.5) is 0 Å². The van der Waals surface area contributed by atoms with Crippen molar-refractivity contribution < 1.29 is 14.2 Å². The monoisotopic (exact) mass is 242 g/mol. The minimum Gasteiger partial charge on any atom is -0.325 e. The largest absolute Gasteiger partial charge is 0.325 e. The summed E-state index contributed by atoms with van der Waals surface area (Å²) >= 11 is 0. The molecule has 2 saturated heterocycles. The van der Waals surface area contributed by atoms with Crippen LogP contribution in [0.25, 0.3) is 0 Å². The van der Waals surface area contributed by atoms with E-state index in [0.29, 0.717) is 19.3 Å². The summed E-state index contributed by atoms with van der Waals surface area (Å²) < 4.78 is 17.2. The van der Waals surface area contributed by atoms with Gasteiger partial charge in [-0.1, -0.05) is 39.0 Å². The molecule has 0 N–H and O–H groups in total. The second-order valence-corrected chi connectivity index (χ2v) is 5.21. The number of rotatable bonds is 6. The third kappa shape index (κ3) is 3.94. The molecule has 0 bridgehead atoms. The van der Waals surface area contributed by atoms with Crippen LogP contribution in [-0.4, -0.2) is 25.3 Å². The smallest absolute Gasteiger partial charge is 0.283 e. The predicted molar refractivity (Wildman–Crippen MR) is 66.7 cm³/mol. The zero-order valence-electron chi connectivity index (χ0n) is 11.1. The van der Waals surface area contributed by atoms with Crippen LogP contribution in [0.2, 0.25) is 0 Å². The molecule has 1 atom stereocenters. The summed E-state index contributed by atoms with van der Waals surface area (Å²) in [4.78, 5) is 0. The molecule has 2 aliphatic heterocycles. The van der Waals surface area contributed by atoms with Crippen molar-refractivity contribution in [3.63, 3.8) is 0 Å². The summed E-state index contributed by atoms with van der Waals surface area (Å²) in [5.74, 6) is -0.660. The van der Waals surface area contributed by atoms with E-state index >= 15 is 0 Å². The molecular weight excluding hydrogens is 216 g/mol. The molecule has 0 aromatic rings. The van der Waals surface area contributed by atoms with Crippen molar-refractivity contribution in [2.24, 2.45) is 0 Å². The van der Waals surface area contributed by atoms with Gasteiger partial charge in [-0.25, -0.2) is 0 Å². The van der Waals surface area contributed by atoms with Crippen molar-refractivity contribution >= 4 is 0 Å². The van der Waals surface area contributed by atoms with E-state index in [4.69, 9.17) is 14.2 Å². The maximum Gasteiger partial charge on any atom is 0.283 e. The second-order valence-electron chi connectivity index (χ2n) is 5.21. The summed E-state index contributed by atoms with van der Waals surface area (Å²) in [6.07, 6.45) is 11.4. The van der Waals surface area contributed by atoms with Gasteiger partial charge in [0.1, 0.15) is 0 Å². The zero-order chi connectivity index (χ0) is 12.0. The minimum absolute atomic E-state index is 0.350. The highest BCUT2D eigenvalue weighted by Crippen LogP contribution is 2.35. The first-order valence-electron chi connectivity index (χ1n) is 7.30. The van der Waals surface area contributed by atoms with E-state index in [2.05, 4.69) is 6.92 Å². The summed E-state index contributed by atoms with van der Waals surface area (Å²) in [6, 6.07) is 0. The van der Waals surface area contributed by atoms with E-state index in [1.54, 1.807) is 0 Å². The average Bonchev–Trinajstić information content (AvgIpc) is 2.77. The van der Waals surface area contributed by atoms with Gasteiger partial charge in [0.25, 0.3) is 5.97 Å². The Morgan fingerprint density at radius 2 is 1.82 bits per heavy atom. The molecule has 0 radical (unpaired) electrons. The third-order valence-corrected chi connectivity index (χ3v) is 3.71. The number of ether oxygens (including phenoxy) is 3. The van der Waals surface area contributed by atoms with Crippen molar-refractivity contribution in [1.82, 2.24) is 0 Å². The fourth-order valence-corrected chi connectivity index (χ4v) is 2.75. The molecule has 1 spiro atoms. The van der Waals surface area contributed by atoms with Gasteiger partial charge in [0.2, 0.25) is 0 Å². The summed E-state index contributed by atoms with van der Waals surface area (Å²) in [7, 11) is 0. The zero-order valence-corrected chi connectivity index (χ0v) is 11.1. The molecule has 2 rings (SSSR count). The molecule has 2 fully saturated rings. The lowest BCUT2D eigenvalue weighted by Gasteiger charge is -2.36. The summed E-state index contributed by atoms with van der Waals surface area (Å²) in [6.45, 7) is 3.62. The van der Waals surface area contributed by atoms with Crippen LogP contribution < -0.4 is 0 Å². The topological polar surface area (TPSA) is 27.7 Å². The van der Waals surface area contributed by atoms with E-state index < -0.39 is 5.97 Å². The van der Waals surface area contributed by atoms with Crippen molar-refractivity contribution in [1.29, 1.82) is 0 Å².